The van der Waals surface area contributed by atoms with Gasteiger partial charge in [0.05, 0.1) is 12.0 Å². The van der Waals surface area contributed by atoms with Crippen LogP contribution in [0.2, 0.25) is 0 Å². The Labute approximate surface area is 129 Å². The third-order valence-corrected chi connectivity index (χ3v) is 4.59. The molecule has 0 saturated heterocycles. The van der Waals surface area contributed by atoms with E-state index in [1.165, 1.54) is 23.9 Å². The van der Waals surface area contributed by atoms with Crippen LogP contribution in [0.4, 0.5) is 4.39 Å². The van der Waals surface area contributed by atoms with Crippen molar-refractivity contribution in [2.24, 2.45) is 0 Å². The highest BCUT2D eigenvalue weighted by Crippen LogP contribution is 2.28. The van der Waals surface area contributed by atoms with E-state index in [9.17, 15) is 4.39 Å². The van der Waals surface area contributed by atoms with Crippen LogP contribution in [0.15, 0.2) is 40.9 Å². The van der Waals surface area contributed by atoms with Gasteiger partial charge in [0.1, 0.15) is 11.6 Å². The average molecular weight is 321 g/mol. The first-order valence-electron chi connectivity index (χ1n) is 6.18. The van der Waals surface area contributed by atoms with E-state index >= 15 is 0 Å². The third kappa shape index (κ3) is 3.25. The van der Waals surface area contributed by atoms with Gasteiger partial charge >= 0.3 is 0 Å². The van der Waals surface area contributed by atoms with E-state index in [0.717, 1.165) is 16.3 Å². The number of halogens is 1. The van der Waals surface area contributed by atoms with E-state index in [0.29, 0.717) is 16.7 Å². The lowest BCUT2D eigenvalue weighted by atomic mass is 10.2. The molecule has 0 amide bonds. The van der Waals surface area contributed by atoms with Crippen molar-refractivity contribution in [3.8, 4) is 16.5 Å². The Bertz CT molecular complexity index is 728. The summed E-state index contributed by atoms with van der Waals surface area (Å²) in [6.45, 7) is 0. The van der Waals surface area contributed by atoms with Gasteiger partial charge in [-0.2, -0.15) is 0 Å². The zero-order chi connectivity index (χ0) is 14.7. The average Bonchev–Trinajstić information content (AvgIpc) is 3.16. The number of benzene rings is 1. The topological polar surface area (TPSA) is 50.8 Å². The normalized spacial score (nSPS) is 10.8. The Balaban J connectivity index is 1.72. The largest absolute Gasteiger partial charge is 0.496 e. The first kappa shape index (κ1) is 14.1. The van der Waals surface area contributed by atoms with Gasteiger partial charge in [-0.25, -0.2) is 9.37 Å². The molecule has 4 nitrogen and oxygen atoms in total. The van der Waals surface area contributed by atoms with E-state index in [1.54, 1.807) is 24.5 Å². The lowest BCUT2D eigenvalue weighted by molar-refractivity contribution is 0.410. The van der Waals surface area contributed by atoms with Crippen LogP contribution in [0.5, 0.6) is 5.75 Å². The molecule has 3 aromatic rings. The maximum atomic E-state index is 13.3. The summed E-state index contributed by atoms with van der Waals surface area (Å²) in [6, 6.07) is 8.43. The minimum Gasteiger partial charge on any atom is -0.496 e. The number of aromatic nitrogens is 3. The zero-order valence-electron chi connectivity index (χ0n) is 11.2. The van der Waals surface area contributed by atoms with Crippen LogP contribution in [-0.4, -0.2) is 22.3 Å². The van der Waals surface area contributed by atoms with Gasteiger partial charge in [-0.15, -0.1) is 16.4 Å². The van der Waals surface area contributed by atoms with Crippen LogP contribution < -0.4 is 4.74 Å². The van der Waals surface area contributed by atoms with Gasteiger partial charge in [-0.05, 0) is 29.6 Å². The summed E-state index contributed by atoms with van der Waals surface area (Å²) < 4.78 is 18.5. The van der Waals surface area contributed by atoms with E-state index in [1.807, 2.05) is 17.5 Å². The molecule has 0 saturated carbocycles. The molecule has 3 rings (SSSR count). The quantitative estimate of drug-likeness (QED) is 0.722. The molecule has 2 aromatic heterocycles. The first-order chi connectivity index (χ1) is 10.3. The molecule has 0 bridgehead atoms. The number of thiophene rings is 1. The Morgan fingerprint density at radius 3 is 3.05 bits per heavy atom. The molecule has 1 aromatic carbocycles. The Kier molecular flexibility index (Phi) is 4.21. The second kappa shape index (κ2) is 6.28. The summed E-state index contributed by atoms with van der Waals surface area (Å²) in [7, 11) is 1.57. The molecule has 108 valence electrons. The SMILES string of the molecule is COc1ccc(F)cc1CSc1n[nH]c(-c2cccs2)n1. The van der Waals surface area contributed by atoms with Crippen LogP contribution in [0.1, 0.15) is 5.56 Å². The molecule has 0 aliphatic heterocycles. The second-order valence-electron chi connectivity index (χ2n) is 4.19. The molecule has 2 heterocycles. The number of hydrogen-bond acceptors (Lipinski definition) is 5. The highest BCUT2D eigenvalue weighted by atomic mass is 32.2. The van der Waals surface area contributed by atoms with E-state index < -0.39 is 0 Å². The maximum absolute atomic E-state index is 13.3. The van der Waals surface area contributed by atoms with Crippen molar-refractivity contribution in [3.05, 3.63) is 47.1 Å². The van der Waals surface area contributed by atoms with Gasteiger partial charge in [-0.3, -0.25) is 5.10 Å². The molecular weight excluding hydrogens is 309 g/mol. The summed E-state index contributed by atoms with van der Waals surface area (Å²) in [4.78, 5) is 5.46. The summed E-state index contributed by atoms with van der Waals surface area (Å²) in [6.07, 6.45) is 0. The van der Waals surface area contributed by atoms with Crippen LogP contribution in [0.3, 0.4) is 0 Å². The number of nitrogens with one attached hydrogen (secondary N) is 1. The molecule has 0 fully saturated rings. The van der Waals surface area contributed by atoms with Crippen molar-refractivity contribution >= 4 is 23.1 Å². The van der Waals surface area contributed by atoms with Gasteiger partial charge in [-0.1, -0.05) is 17.8 Å². The first-order valence-corrected chi connectivity index (χ1v) is 8.04. The molecule has 0 radical (unpaired) electrons. The lowest BCUT2D eigenvalue weighted by Crippen LogP contribution is -1.92. The lowest BCUT2D eigenvalue weighted by Gasteiger charge is -2.06. The predicted molar refractivity (Wildman–Crippen MR) is 82.2 cm³/mol. The molecular formula is C14H12FN3OS2. The second-order valence-corrected chi connectivity index (χ2v) is 6.08. The van der Waals surface area contributed by atoms with Gasteiger partial charge in [0.15, 0.2) is 5.82 Å². The Morgan fingerprint density at radius 2 is 2.29 bits per heavy atom. The minimum atomic E-state index is -0.277. The Morgan fingerprint density at radius 1 is 1.38 bits per heavy atom. The van der Waals surface area contributed by atoms with Gasteiger partial charge in [0.25, 0.3) is 0 Å². The summed E-state index contributed by atoms with van der Waals surface area (Å²) >= 11 is 3.03. The highest BCUT2D eigenvalue weighted by molar-refractivity contribution is 7.98. The van der Waals surface area contributed by atoms with Crippen molar-refractivity contribution in [2.75, 3.05) is 7.11 Å². The summed E-state index contributed by atoms with van der Waals surface area (Å²) in [5.41, 5.74) is 0.782. The number of rotatable bonds is 5. The number of nitrogens with zero attached hydrogens (tertiary/aromatic N) is 2. The van der Waals surface area contributed by atoms with Crippen LogP contribution >= 0.6 is 23.1 Å². The zero-order valence-corrected chi connectivity index (χ0v) is 12.8. The molecule has 0 aliphatic rings. The molecule has 0 atom stereocenters. The smallest absolute Gasteiger partial charge is 0.209 e. The maximum Gasteiger partial charge on any atom is 0.209 e. The van der Waals surface area contributed by atoms with Crippen molar-refractivity contribution in [3.63, 3.8) is 0 Å². The van der Waals surface area contributed by atoms with Gasteiger partial charge < -0.3 is 4.74 Å². The van der Waals surface area contributed by atoms with Crippen molar-refractivity contribution in [1.82, 2.24) is 15.2 Å². The molecule has 21 heavy (non-hydrogen) atoms. The predicted octanol–water partition coefficient (Wildman–Crippen LogP) is 3.97. The van der Waals surface area contributed by atoms with Crippen LogP contribution in [-0.2, 0) is 5.75 Å². The van der Waals surface area contributed by atoms with E-state index in [-0.39, 0.29) is 5.82 Å². The molecule has 0 aliphatic carbocycles. The number of hydrogen-bond donors (Lipinski definition) is 1. The monoisotopic (exact) mass is 321 g/mol. The van der Waals surface area contributed by atoms with Crippen molar-refractivity contribution in [2.45, 2.75) is 10.9 Å². The van der Waals surface area contributed by atoms with E-state index in [2.05, 4.69) is 15.2 Å². The number of aromatic amines is 1. The summed E-state index contributed by atoms with van der Waals surface area (Å²) in [5, 5.41) is 9.69. The number of H-pyrrole nitrogens is 1. The molecule has 0 spiro atoms. The molecule has 0 unspecified atom stereocenters. The third-order valence-electron chi connectivity index (χ3n) is 2.82. The van der Waals surface area contributed by atoms with Gasteiger partial charge in [0, 0.05) is 11.3 Å². The fourth-order valence-corrected chi connectivity index (χ4v) is 3.28. The van der Waals surface area contributed by atoms with Crippen molar-refractivity contribution in [1.29, 1.82) is 0 Å². The fourth-order valence-electron chi connectivity index (χ4n) is 1.84. The molecule has 1 N–H and O–H groups in total. The molecule has 7 heteroatoms. The highest BCUT2D eigenvalue weighted by Gasteiger charge is 2.10. The van der Waals surface area contributed by atoms with E-state index in [4.69, 9.17) is 4.74 Å². The summed E-state index contributed by atoms with van der Waals surface area (Å²) in [5.74, 6) is 1.68. The number of methoxy groups -OCH3 is 1. The minimum absolute atomic E-state index is 0.277. The van der Waals surface area contributed by atoms with Crippen LogP contribution in [0, 0.1) is 5.82 Å². The number of thioether (sulfide) groups is 1. The standard InChI is InChI=1S/C14H12FN3OS2/c1-19-11-5-4-10(15)7-9(11)8-21-14-16-13(17-18-14)12-3-2-6-20-12/h2-7H,8H2,1H3,(H,16,17,18). The van der Waals surface area contributed by atoms with Crippen LogP contribution in [0.25, 0.3) is 10.7 Å². The Hall–Kier alpha value is -1.86. The number of ether oxygens (including phenoxy) is 1. The van der Waals surface area contributed by atoms with Gasteiger partial charge in [0.2, 0.25) is 5.16 Å². The van der Waals surface area contributed by atoms with Crippen molar-refractivity contribution < 1.29 is 9.13 Å². The fraction of sp³-hybridized carbons (Fsp3) is 0.143.